The van der Waals surface area contributed by atoms with Crippen LogP contribution in [-0.4, -0.2) is 31.6 Å². The number of anilines is 1. The van der Waals surface area contributed by atoms with Crippen molar-refractivity contribution in [2.45, 2.75) is 32.1 Å². The molecule has 32 heavy (non-hydrogen) atoms. The van der Waals surface area contributed by atoms with Gasteiger partial charge in [-0.05, 0) is 49.6 Å². The Hall–Kier alpha value is -3.79. The molecule has 164 valence electrons. The fourth-order valence-electron chi connectivity index (χ4n) is 3.90. The van der Waals surface area contributed by atoms with Gasteiger partial charge in [0.15, 0.2) is 13.2 Å². The van der Waals surface area contributed by atoms with Gasteiger partial charge in [0, 0.05) is 29.6 Å². The van der Waals surface area contributed by atoms with Gasteiger partial charge < -0.3 is 18.8 Å². The van der Waals surface area contributed by atoms with E-state index in [9.17, 15) is 9.59 Å². The number of nitriles is 1. The van der Waals surface area contributed by atoms with E-state index < -0.39 is 18.5 Å². The van der Waals surface area contributed by atoms with Crippen molar-refractivity contribution in [2.75, 3.05) is 24.7 Å². The number of hydrogen-bond acceptors (Lipinski definition) is 6. The zero-order valence-corrected chi connectivity index (χ0v) is 17.7. The lowest BCUT2D eigenvalue weighted by Gasteiger charge is -2.21. The number of ether oxygens (including phenoxy) is 2. The molecule has 0 spiro atoms. The number of nitrogens with zero attached hydrogens (tertiary/aromatic N) is 2. The van der Waals surface area contributed by atoms with Crippen LogP contribution in [0.3, 0.4) is 0 Å². The Morgan fingerprint density at radius 3 is 2.69 bits per heavy atom. The quantitative estimate of drug-likeness (QED) is 0.496. The highest BCUT2D eigenvalue weighted by Gasteiger charge is 2.19. The van der Waals surface area contributed by atoms with Crippen LogP contribution in [0.5, 0.6) is 5.75 Å². The van der Waals surface area contributed by atoms with Crippen LogP contribution in [0.1, 0.15) is 30.6 Å². The van der Waals surface area contributed by atoms with Gasteiger partial charge in [-0.3, -0.25) is 4.79 Å². The predicted molar refractivity (Wildman–Crippen MR) is 118 cm³/mol. The fourth-order valence-corrected chi connectivity index (χ4v) is 3.90. The van der Waals surface area contributed by atoms with Crippen molar-refractivity contribution >= 4 is 28.5 Å². The molecule has 7 nitrogen and oxygen atoms in total. The minimum atomic E-state index is -0.638. The second-order valence-electron chi connectivity index (χ2n) is 7.61. The van der Waals surface area contributed by atoms with E-state index in [1.165, 1.54) is 10.5 Å². The zero-order chi connectivity index (χ0) is 22.3. The van der Waals surface area contributed by atoms with Gasteiger partial charge in [-0.25, -0.2) is 4.79 Å². The summed E-state index contributed by atoms with van der Waals surface area (Å²) in [6, 6.07) is 16.5. The van der Waals surface area contributed by atoms with E-state index in [0.29, 0.717) is 11.4 Å². The molecule has 0 saturated carbocycles. The highest BCUT2D eigenvalue weighted by atomic mass is 16.6. The Bertz CT molecular complexity index is 1150. The Labute approximate surface area is 186 Å². The van der Waals surface area contributed by atoms with Gasteiger partial charge in [-0.1, -0.05) is 18.2 Å². The van der Waals surface area contributed by atoms with Gasteiger partial charge >= 0.3 is 5.97 Å². The average molecular weight is 432 g/mol. The largest absolute Gasteiger partial charge is 0.482 e. The van der Waals surface area contributed by atoms with Crippen molar-refractivity contribution in [2.24, 2.45) is 0 Å². The van der Waals surface area contributed by atoms with Crippen LogP contribution in [0.25, 0.3) is 11.0 Å². The second kappa shape index (κ2) is 10.0. The maximum atomic E-state index is 12.6. The Balaban J connectivity index is 1.32. The minimum Gasteiger partial charge on any atom is -0.482 e. The molecule has 3 aromatic rings. The molecule has 0 atom stereocenters. The number of para-hydroxylation sites is 1. The number of rotatable bonds is 8. The van der Waals surface area contributed by atoms with E-state index in [2.05, 4.69) is 0 Å². The van der Waals surface area contributed by atoms with E-state index >= 15 is 0 Å². The number of benzene rings is 2. The molecular weight excluding hydrogens is 408 g/mol. The standard InChI is InChI=1S/C25H24N2O5/c26-13-6-14-27(18-7-2-1-3-8-18)24(28)16-31-25(29)17-30-19-11-12-23-21(15-19)20-9-4-5-10-22(20)32-23/h1-3,7-8,11-12,15H,4-6,9-10,14,16-17H2. The van der Waals surface area contributed by atoms with Crippen molar-refractivity contribution in [3.63, 3.8) is 0 Å². The zero-order valence-electron chi connectivity index (χ0n) is 17.7. The topological polar surface area (TPSA) is 92.8 Å². The molecule has 7 heteroatoms. The number of aryl methyl sites for hydroxylation is 2. The third-order valence-electron chi connectivity index (χ3n) is 5.46. The first-order valence-corrected chi connectivity index (χ1v) is 10.7. The third-order valence-corrected chi connectivity index (χ3v) is 5.46. The summed E-state index contributed by atoms with van der Waals surface area (Å²) in [5.74, 6) is 0.558. The van der Waals surface area contributed by atoms with E-state index in [1.807, 2.05) is 24.3 Å². The summed E-state index contributed by atoms with van der Waals surface area (Å²) in [6.07, 6.45) is 4.40. The van der Waals surface area contributed by atoms with Crippen molar-refractivity contribution in [3.05, 3.63) is 59.9 Å². The fraction of sp³-hybridized carbons (Fsp3) is 0.320. The molecule has 0 bridgehead atoms. The van der Waals surface area contributed by atoms with Crippen molar-refractivity contribution < 1.29 is 23.5 Å². The summed E-state index contributed by atoms with van der Waals surface area (Å²) in [7, 11) is 0. The van der Waals surface area contributed by atoms with Crippen LogP contribution in [0.4, 0.5) is 5.69 Å². The number of hydrogen-bond donors (Lipinski definition) is 0. The van der Waals surface area contributed by atoms with E-state index in [4.69, 9.17) is 19.2 Å². The monoisotopic (exact) mass is 432 g/mol. The minimum absolute atomic E-state index is 0.178. The molecule has 1 aliphatic rings. The molecule has 0 saturated heterocycles. The Kier molecular flexibility index (Phi) is 6.71. The molecule has 1 heterocycles. The van der Waals surface area contributed by atoms with Crippen molar-refractivity contribution in [1.82, 2.24) is 0 Å². The molecule has 0 fully saturated rings. The van der Waals surface area contributed by atoms with Gasteiger partial charge in [0.1, 0.15) is 17.1 Å². The van der Waals surface area contributed by atoms with Crippen molar-refractivity contribution in [1.29, 1.82) is 5.26 Å². The average Bonchev–Trinajstić information content (AvgIpc) is 3.20. The van der Waals surface area contributed by atoms with Crippen LogP contribution >= 0.6 is 0 Å². The number of carbonyl (C=O) groups excluding carboxylic acids is 2. The molecule has 2 aromatic carbocycles. The number of carbonyl (C=O) groups is 2. The summed E-state index contributed by atoms with van der Waals surface area (Å²) in [4.78, 5) is 26.2. The number of fused-ring (bicyclic) bond motifs is 3. The molecule has 0 radical (unpaired) electrons. The van der Waals surface area contributed by atoms with Crippen LogP contribution in [0, 0.1) is 11.3 Å². The smallest absolute Gasteiger partial charge is 0.344 e. The molecule has 4 rings (SSSR count). The van der Waals surface area contributed by atoms with E-state index in [0.717, 1.165) is 42.4 Å². The maximum Gasteiger partial charge on any atom is 0.344 e. The first-order valence-electron chi connectivity index (χ1n) is 10.7. The van der Waals surface area contributed by atoms with Crippen LogP contribution in [0.2, 0.25) is 0 Å². The van der Waals surface area contributed by atoms with Crippen molar-refractivity contribution in [3.8, 4) is 11.8 Å². The van der Waals surface area contributed by atoms with Gasteiger partial charge in [-0.2, -0.15) is 5.26 Å². The SMILES string of the molecule is N#CCCN(C(=O)COC(=O)COc1ccc2oc3c(c2c1)CCCC3)c1ccccc1. The predicted octanol–water partition coefficient (Wildman–Crippen LogP) is 4.18. The van der Waals surface area contributed by atoms with Crippen LogP contribution in [0.15, 0.2) is 52.9 Å². The van der Waals surface area contributed by atoms with Crippen LogP contribution < -0.4 is 9.64 Å². The molecule has 0 N–H and O–H groups in total. The maximum absolute atomic E-state index is 12.6. The molecule has 1 aliphatic carbocycles. The first kappa shape index (κ1) is 21.4. The summed E-state index contributed by atoms with van der Waals surface area (Å²) in [6.45, 7) is -0.498. The van der Waals surface area contributed by atoms with E-state index in [1.54, 1.807) is 30.3 Å². The summed E-state index contributed by atoms with van der Waals surface area (Å²) in [5, 5.41) is 9.89. The van der Waals surface area contributed by atoms with Gasteiger partial charge in [-0.15, -0.1) is 0 Å². The second-order valence-corrected chi connectivity index (χ2v) is 7.61. The molecule has 0 aliphatic heterocycles. The summed E-state index contributed by atoms with van der Waals surface area (Å²) < 4.78 is 16.6. The molecular formula is C25H24N2O5. The lowest BCUT2D eigenvalue weighted by molar-refractivity contribution is -0.149. The third kappa shape index (κ3) is 4.92. The van der Waals surface area contributed by atoms with Crippen LogP contribution in [-0.2, 0) is 27.2 Å². The number of amides is 1. The molecule has 0 unspecified atom stereocenters. The summed E-state index contributed by atoms with van der Waals surface area (Å²) in [5.41, 5.74) is 2.70. The first-order chi connectivity index (χ1) is 15.7. The summed E-state index contributed by atoms with van der Waals surface area (Å²) >= 11 is 0. The van der Waals surface area contributed by atoms with Gasteiger partial charge in [0.25, 0.3) is 5.91 Å². The Morgan fingerprint density at radius 1 is 1.06 bits per heavy atom. The number of furan rings is 1. The highest BCUT2D eigenvalue weighted by molar-refractivity contribution is 5.95. The normalized spacial score (nSPS) is 12.6. The number of esters is 1. The molecule has 1 amide bonds. The van der Waals surface area contributed by atoms with E-state index in [-0.39, 0.29) is 19.6 Å². The lowest BCUT2D eigenvalue weighted by Crippen LogP contribution is -2.36. The van der Waals surface area contributed by atoms with Gasteiger partial charge in [0.2, 0.25) is 0 Å². The Morgan fingerprint density at radius 2 is 1.88 bits per heavy atom. The highest BCUT2D eigenvalue weighted by Crippen LogP contribution is 2.33. The lowest BCUT2D eigenvalue weighted by atomic mass is 9.96. The molecule has 1 aromatic heterocycles. The van der Waals surface area contributed by atoms with Gasteiger partial charge in [0.05, 0.1) is 12.5 Å².